The van der Waals surface area contributed by atoms with E-state index in [2.05, 4.69) is 11.6 Å². The molecular weight excluding hydrogens is 252 g/mol. The molecule has 7 nitrogen and oxygen atoms in total. The van der Waals surface area contributed by atoms with Gasteiger partial charge in [-0.3, -0.25) is 14.3 Å². The second kappa shape index (κ2) is 5.52. The summed E-state index contributed by atoms with van der Waals surface area (Å²) in [5.41, 5.74) is -0.674. The van der Waals surface area contributed by atoms with Gasteiger partial charge in [-0.2, -0.15) is 0 Å². The topological polar surface area (TPSA) is 105 Å². The Morgan fingerprint density at radius 3 is 2.89 bits per heavy atom. The zero-order valence-corrected chi connectivity index (χ0v) is 10.3. The summed E-state index contributed by atoms with van der Waals surface area (Å²) < 4.78 is 6.60. The molecule has 0 unspecified atom stereocenters. The molecule has 1 aliphatic rings. The molecule has 1 saturated heterocycles. The number of H-pyrrole nitrogens is 1. The van der Waals surface area contributed by atoms with Gasteiger partial charge in [-0.05, 0) is 6.42 Å². The molecule has 3 N–H and O–H groups in total. The SMILES string of the molecule is C=CCc1cn([C@H]2C[C@H](O)[C@H](CO)O2)c(=O)[nH]c1=O. The number of aliphatic hydroxyl groups is 2. The molecule has 0 spiro atoms. The minimum Gasteiger partial charge on any atom is -0.394 e. The molecule has 2 rings (SSSR count). The normalized spacial score (nSPS) is 26.5. The molecule has 0 aromatic carbocycles. The van der Waals surface area contributed by atoms with Gasteiger partial charge in [0.25, 0.3) is 5.56 Å². The van der Waals surface area contributed by atoms with E-state index in [1.54, 1.807) is 6.08 Å². The maximum Gasteiger partial charge on any atom is 0.330 e. The highest BCUT2D eigenvalue weighted by Crippen LogP contribution is 2.27. The molecule has 1 aliphatic heterocycles. The summed E-state index contributed by atoms with van der Waals surface area (Å²) >= 11 is 0. The largest absolute Gasteiger partial charge is 0.394 e. The second-order valence-electron chi connectivity index (χ2n) is 4.43. The van der Waals surface area contributed by atoms with Gasteiger partial charge in [0.2, 0.25) is 0 Å². The predicted molar refractivity (Wildman–Crippen MR) is 66.8 cm³/mol. The molecule has 0 bridgehead atoms. The maximum atomic E-state index is 11.7. The van der Waals surface area contributed by atoms with Gasteiger partial charge in [-0.25, -0.2) is 4.79 Å². The zero-order valence-electron chi connectivity index (χ0n) is 10.3. The van der Waals surface area contributed by atoms with Crippen molar-refractivity contribution in [2.24, 2.45) is 0 Å². The van der Waals surface area contributed by atoms with E-state index in [1.165, 1.54) is 10.8 Å². The molecule has 0 saturated carbocycles. The number of aromatic nitrogens is 2. The van der Waals surface area contributed by atoms with Crippen LogP contribution in [0.4, 0.5) is 0 Å². The smallest absolute Gasteiger partial charge is 0.330 e. The van der Waals surface area contributed by atoms with Crippen LogP contribution in [0.5, 0.6) is 0 Å². The van der Waals surface area contributed by atoms with Crippen molar-refractivity contribution in [2.75, 3.05) is 6.61 Å². The number of aromatic amines is 1. The molecule has 1 aromatic rings. The molecule has 0 amide bonds. The third-order valence-corrected chi connectivity index (χ3v) is 3.10. The first-order valence-electron chi connectivity index (χ1n) is 5.96. The highest BCUT2D eigenvalue weighted by atomic mass is 16.5. The molecule has 1 fully saturated rings. The van der Waals surface area contributed by atoms with Crippen molar-refractivity contribution < 1.29 is 14.9 Å². The number of hydrogen-bond donors (Lipinski definition) is 3. The number of rotatable bonds is 4. The standard InChI is InChI=1S/C12H16N2O5/c1-2-3-7-5-14(12(18)13-11(7)17)10-4-8(16)9(6-15)19-10/h2,5,8-10,15-16H,1,3-4,6H2,(H,13,17,18)/t8-,9-,10+/m0/s1. The third kappa shape index (κ3) is 2.67. The summed E-state index contributed by atoms with van der Waals surface area (Å²) in [6.45, 7) is 3.22. The minimum absolute atomic E-state index is 0.185. The van der Waals surface area contributed by atoms with Crippen LogP contribution in [0.25, 0.3) is 0 Å². The summed E-state index contributed by atoms with van der Waals surface area (Å²) in [7, 11) is 0. The van der Waals surface area contributed by atoms with Gasteiger partial charge in [0.1, 0.15) is 12.3 Å². The molecule has 0 aliphatic carbocycles. The Labute approximate surface area is 108 Å². The minimum atomic E-state index is -0.836. The van der Waals surface area contributed by atoms with Crippen LogP contribution in [0.1, 0.15) is 18.2 Å². The quantitative estimate of drug-likeness (QED) is 0.602. The monoisotopic (exact) mass is 268 g/mol. The number of nitrogens with one attached hydrogen (secondary N) is 1. The van der Waals surface area contributed by atoms with Crippen molar-refractivity contribution in [3.05, 3.63) is 45.3 Å². The first-order valence-corrected chi connectivity index (χ1v) is 5.96. The van der Waals surface area contributed by atoms with E-state index in [0.29, 0.717) is 12.0 Å². The van der Waals surface area contributed by atoms with Crippen molar-refractivity contribution in [1.82, 2.24) is 9.55 Å². The summed E-state index contributed by atoms with van der Waals surface area (Å²) in [5.74, 6) is 0. The van der Waals surface area contributed by atoms with Gasteiger partial charge in [-0.15, -0.1) is 6.58 Å². The Morgan fingerprint density at radius 1 is 1.58 bits per heavy atom. The molecular formula is C12H16N2O5. The van der Waals surface area contributed by atoms with E-state index < -0.39 is 29.7 Å². The molecule has 3 atom stereocenters. The van der Waals surface area contributed by atoms with E-state index in [-0.39, 0.29) is 13.0 Å². The van der Waals surface area contributed by atoms with E-state index in [4.69, 9.17) is 9.84 Å². The number of ether oxygens (including phenoxy) is 1. The van der Waals surface area contributed by atoms with Gasteiger partial charge in [-0.1, -0.05) is 6.08 Å². The van der Waals surface area contributed by atoms with E-state index in [9.17, 15) is 14.7 Å². The lowest BCUT2D eigenvalue weighted by Gasteiger charge is -2.15. The van der Waals surface area contributed by atoms with Crippen LogP contribution in [-0.2, 0) is 11.2 Å². The fourth-order valence-electron chi connectivity index (χ4n) is 2.09. The first kappa shape index (κ1) is 13.7. The Morgan fingerprint density at radius 2 is 2.32 bits per heavy atom. The Hall–Kier alpha value is -1.70. The first-order chi connectivity index (χ1) is 9.06. The lowest BCUT2D eigenvalue weighted by atomic mass is 10.2. The van der Waals surface area contributed by atoms with Crippen LogP contribution >= 0.6 is 0 Å². The van der Waals surface area contributed by atoms with Gasteiger partial charge >= 0.3 is 5.69 Å². The average Bonchev–Trinajstić information content (AvgIpc) is 2.74. The van der Waals surface area contributed by atoms with Gasteiger partial charge in [0.05, 0.1) is 12.7 Å². The van der Waals surface area contributed by atoms with Crippen LogP contribution in [0.3, 0.4) is 0 Å². The lowest BCUT2D eigenvalue weighted by Crippen LogP contribution is -2.34. The number of allylic oxidation sites excluding steroid dienone is 1. The molecule has 0 radical (unpaired) electrons. The number of hydrogen-bond acceptors (Lipinski definition) is 5. The Bertz CT molecular complexity index is 576. The van der Waals surface area contributed by atoms with Crippen LogP contribution < -0.4 is 11.2 Å². The van der Waals surface area contributed by atoms with Crippen molar-refractivity contribution in [1.29, 1.82) is 0 Å². The van der Waals surface area contributed by atoms with Gasteiger partial charge in [0, 0.05) is 18.2 Å². The molecule has 104 valence electrons. The predicted octanol–water partition coefficient (Wildman–Crippen LogP) is -1.09. The van der Waals surface area contributed by atoms with Gasteiger partial charge in [0.15, 0.2) is 0 Å². The van der Waals surface area contributed by atoms with E-state index in [1.807, 2.05) is 0 Å². The van der Waals surface area contributed by atoms with E-state index in [0.717, 1.165) is 0 Å². The Balaban J connectivity index is 2.35. The lowest BCUT2D eigenvalue weighted by molar-refractivity contribution is -0.0459. The molecule has 1 aromatic heterocycles. The summed E-state index contributed by atoms with van der Waals surface area (Å²) in [6, 6.07) is 0. The van der Waals surface area contributed by atoms with Crippen molar-refractivity contribution >= 4 is 0 Å². The Kier molecular flexibility index (Phi) is 3.98. The van der Waals surface area contributed by atoms with Crippen LogP contribution in [0, 0.1) is 0 Å². The van der Waals surface area contributed by atoms with Crippen molar-refractivity contribution in [3.63, 3.8) is 0 Å². The third-order valence-electron chi connectivity index (χ3n) is 3.10. The molecule has 2 heterocycles. The average molecular weight is 268 g/mol. The number of nitrogens with zero attached hydrogens (tertiary/aromatic N) is 1. The van der Waals surface area contributed by atoms with Crippen LogP contribution in [0.2, 0.25) is 0 Å². The van der Waals surface area contributed by atoms with E-state index >= 15 is 0 Å². The van der Waals surface area contributed by atoms with Gasteiger partial charge < -0.3 is 14.9 Å². The summed E-state index contributed by atoms with van der Waals surface area (Å²) in [4.78, 5) is 25.5. The second-order valence-corrected chi connectivity index (χ2v) is 4.43. The fraction of sp³-hybridized carbons (Fsp3) is 0.500. The van der Waals surface area contributed by atoms with Crippen molar-refractivity contribution in [2.45, 2.75) is 31.3 Å². The zero-order chi connectivity index (χ0) is 14.0. The van der Waals surface area contributed by atoms with Crippen molar-refractivity contribution in [3.8, 4) is 0 Å². The molecule has 7 heteroatoms. The maximum absolute atomic E-state index is 11.7. The summed E-state index contributed by atoms with van der Waals surface area (Å²) in [6.07, 6.45) is 1.22. The van der Waals surface area contributed by atoms with Crippen LogP contribution in [0.15, 0.2) is 28.4 Å². The van der Waals surface area contributed by atoms with Crippen LogP contribution in [-0.4, -0.2) is 38.6 Å². The summed E-state index contributed by atoms with van der Waals surface area (Å²) in [5, 5.41) is 18.7. The fourth-order valence-corrected chi connectivity index (χ4v) is 2.09. The number of aliphatic hydroxyl groups excluding tert-OH is 2. The highest BCUT2D eigenvalue weighted by Gasteiger charge is 2.35. The highest BCUT2D eigenvalue weighted by molar-refractivity contribution is 5.09. The molecule has 19 heavy (non-hydrogen) atoms.